The van der Waals surface area contributed by atoms with Crippen molar-refractivity contribution in [1.82, 2.24) is 0 Å². The number of anilines is 2. The lowest BCUT2D eigenvalue weighted by Crippen LogP contribution is -2.00. The number of hydrogen-bond acceptors (Lipinski definition) is 3. The maximum atomic E-state index is 9.14. The van der Waals surface area contributed by atoms with E-state index in [1.807, 2.05) is 12.1 Å². The first-order valence-electron chi connectivity index (χ1n) is 5.55. The maximum absolute atomic E-state index is 9.14. The Labute approximate surface area is 105 Å². The maximum Gasteiger partial charge on any atom is 0.0682 e. The van der Waals surface area contributed by atoms with Crippen LogP contribution in [0.25, 0.3) is 0 Å². The van der Waals surface area contributed by atoms with Gasteiger partial charge < -0.3 is 10.4 Å². The second-order valence-corrected chi connectivity index (χ2v) is 5.30. The van der Waals surface area contributed by atoms with Gasteiger partial charge in [0.1, 0.15) is 0 Å². The summed E-state index contributed by atoms with van der Waals surface area (Å²) in [6.45, 7) is 2.19. The molecule has 2 aromatic carbocycles. The van der Waals surface area contributed by atoms with Crippen molar-refractivity contribution >= 4 is 23.1 Å². The number of benzene rings is 2. The standard InChI is InChI=1S/C14H13NOS/c1-9-2-4-11-14(6-9)17-13-5-3-10(8-16)7-12(13)15-11/h2-7,15-16H,8H2,1H3. The summed E-state index contributed by atoms with van der Waals surface area (Å²) in [5.41, 5.74) is 4.43. The van der Waals surface area contributed by atoms with Crippen LogP contribution in [0.3, 0.4) is 0 Å². The van der Waals surface area contributed by atoms with Crippen LogP contribution in [-0.2, 0) is 6.61 Å². The van der Waals surface area contributed by atoms with Crippen LogP contribution in [0, 0.1) is 6.92 Å². The monoisotopic (exact) mass is 243 g/mol. The fourth-order valence-electron chi connectivity index (χ4n) is 1.94. The number of aliphatic hydroxyl groups is 1. The van der Waals surface area contributed by atoms with Crippen LogP contribution in [0.15, 0.2) is 46.2 Å². The summed E-state index contributed by atoms with van der Waals surface area (Å²) in [5, 5.41) is 12.5. The minimum atomic E-state index is 0.0837. The van der Waals surface area contributed by atoms with Crippen molar-refractivity contribution in [3.8, 4) is 0 Å². The Balaban J connectivity index is 2.04. The van der Waals surface area contributed by atoms with Crippen LogP contribution in [0.2, 0.25) is 0 Å². The van der Waals surface area contributed by atoms with Gasteiger partial charge in [0, 0.05) is 9.79 Å². The van der Waals surface area contributed by atoms with E-state index in [1.165, 1.54) is 15.4 Å². The fraction of sp³-hybridized carbons (Fsp3) is 0.143. The number of rotatable bonds is 1. The molecule has 0 amide bonds. The molecule has 0 radical (unpaired) electrons. The van der Waals surface area contributed by atoms with Crippen molar-refractivity contribution in [3.63, 3.8) is 0 Å². The first-order chi connectivity index (χ1) is 8.26. The Morgan fingerprint density at radius 2 is 1.94 bits per heavy atom. The molecule has 3 heteroatoms. The van der Waals surface area contributed by atoms with E-state index in [0.29, 0.717) is 0 Å². The highest BCUT2D eigenvalue weighted by Crippen LogP contribution is 2.44. The molecule has 0 bridgehead atoms. The molecule has 2 nitrogen and oxygen atoms in total. The van der Waals surface area contributed by atoms with Crippen molar-refractivity contribution in [3.05, 3.63) is 47.5 Å². The van der Waals surface area contributed by atoms with Gasteiger partial charge in [0.2, 0.25) is 0 Å². The molecule has 86 valence electrons. The number of hydrogen-bond donors (Lipinski definition) is 2. The first-order valence-corrected chi connectivity index (χ1v) is 6.37. The second kappa shape index (κ2) is 4.09. The molecule has 1 heterocycles. The van der Waals surface area contributed by atoms with Gasteiger partial charge in [-0.05, 0) is 42.3 Å². The van der Waals surface area contributed by atoms with E-state index in [9.17, 15) is 0 Å². The zero-order valence-electron chi connectivity index (χ0n) is 9.53. The van der Waals surface area contributed by atoms with Crippen molar-refractivity contribution < 1.29 is 5.11 Å². The molecule has 0 spiro atoms. The van der Waals surface area contributed by atoms with E-state index in [0.717, 1.165) is 16.9 Å². The predicted octanol–water partition coefficient (Wildman–Crippen LogP) is 3.70. The van der Waals surface area contributed by atoms with E-state index >= 15 is 0 Å². The van der Waals surface area contributed by atoms with Crippen molar-refractivity contribution in [2.45, 2.75) is 23.3 Å². The molecule has 0 fully saturated rings. The second-order valence-electron chi connectivity index (χ2n) is 4.22. The molecule has 0 saturated carbocycles. The molecule has 2 N–H and O–H groups in total. The highest BCUT2D eigenvalue weighted by atomic mass is 32.2. The van der Waals surface area contributed by atoms with E-state index < -0.39 is 0 Å². The normalized spacial score (nSPS) is 12.6. The molecule has 0 aromatic heterocycles. The van der Waals surface area contributed by atoms with E-state index in [4.69, 9.17) is 5.11 Å². The molecule has 1 aliphatic heterocycles. The van der Waals surface area contributed by atoms with Gasteiger partial charge >= 0.3 is 0 Å². The number of aliphatic hydroxyl groups excluding tert-OH is 1. The lowest BCUT2D eigenvalue weighted by Gasteiger charge is -2.21. The lowest BCUT2D eigenvalue weighted by atomic mass is 10.2. The molecular formula is C14H13NOS. The van der Waals surface area contributed by atoms with Gasteiger partial charge in [-0.2, -0.15) is 0 Å². The third-order valence-electron chi connectivity index (χ3n) is 2.85. The Morgan fingerprint density at radius 3 is 2.76 bits per heavy atom. The van der Waals surface area contributed by atoms with E-state index in [-0.39, 0.29) is 6.61 Å². The van der Waals surface area contributed by atoms with Crippen LogP contribution >= 0.6 is 11.8 Å². The van der Waals surface area contributed by atoms with Gasteiger partial charge in [0.25, 0.3) is 0 Å². The van der Waals surface area contributed by atoms with Gasteiger partial charge in [-0.3, -0.25) is 0 Å². The highest BCUT2D eigenvalue weighted by molar-refractivity contribution is 7.99. The highest BCUT2D eigenvalue weighted by Gasteiger charge is 2.15. The summed E-state index contributed by atoms with van der Waals surface area (Å²) >= 11 is 1.77. The van der Waals surface area contributed by atoms with E-state index in [1.54, 1.807) is 11.8 Å². The first kappa shape index (κ1) is 10.7. The number of aryl methyl sites for hydroxylation is 1. The Hall–Kier alpha value is -1.45. The Kier molecular flexibility index (Phi) is 2.57. The number of fused-ring (bicyclic) bond motifs is 2. The molecule has 2 aromatic rings. The van der Waals surface area contributed by atoms with E-state index in [2.05, 4.69) is 36.5 Å². The summed E-state index contributed by atoms with van der Waals surface area (Å²) < 4.78 is 0. The molecular weight excluding hydrogens is 230 g/mol. The third-order valence-corrected chi connectivity index (χ3v) is 3.99. The third kappa shape index (κ3) is 1.92. The summed E-state index contributed by atoms with van der Waals surface area (Å²) in [7, 11) is 0. The predicted molar refractivity (Wildman–Crippen MR) is 70.9 cm³/mol. The molecule has 3 rings (SSSR count). The topological polar surface area (TPSA) is 32.3 Å². The summed E-state index contributed by atoms with van der Waals surface area (Å²) in [4.78, 5) is 2.47. The average molecular weight is 243 g/mol. The number of nitrogens with one attached hydrogen (secondary N) is 1. The van der Waals surface area contributed by atoms with Gasteiger partial charge in [-0.1, -0.05) is 23.9 Å². The molecule has 17 heavy (non-hydrogen) atoms. The van der Waals surface area contributed by atoms with Gasteiger partial charge in [0.05, 0.1) is 18.0 Å². The minimum Gasteiger partial charge on any atom is -0.392 e. The van der Waals surface area contributed by atoms with Crippen molar-refractivity contribution in [2.75, 3.05) is 5.32 Å². The Morgan fingerprint density at radius 1 is 1.06 bits per heavy atom. The van der Waals surface area contributed by atoms with Crippen LogP contribution in [0.4, 0.5) is 11.4 Å². The van der Waals surface area contributed by atoms with Crippen LogP contribution in [0.5, 0.6) is 0 Å². The zero-order chi connectivity index (χ0) is 11.8. The summed E-state index contributed by atoms with van der Waals surface area (Å²) in [6.07, 6.45) is 0. The minimum absolute atomic E-state index is 0.0837. The molecule has 0 unspecified atom stereocenters. The quantitative estimate of drug-likeness (QED) is 0.683. The zero-order valence-corrected chi connectivity index (χ0v) is 10.3. The van der Waals surface area contributed by atoms with Gasteiger partial charge in [-0.25, -0.2) is 0 Å². The average Bonchev–Trinajstić information content (AvgIpc) is 2.35. The molecule has 0 aliphatic carbocycles. The summed E-state index contributed by atoms with van der Waals surface area (Å²) in [5.74, 6) is 0. The Bertz CT molecular complexity index is 580. The largest absolute Gasteiger partial charge is 0.392 e. The lowest BCUT2D eigenvalue weighted by molar-refractivity contribution is 0.282. The summed E-state index contributed by atoms with van der Waals surface area (Å²) in [6, 6.07) is 12.4. The van der Waals surface area contributed by atoms with Crippen LogP contribution < -0.4 is 5.32 Å². The molecule has 1 aliphatic rings. The molecule has 0 atom stereocenters. The van der Waals surface area contributed by atoms with Crippen LogP contribution in [0.1, 0.15) is 11.1 Å². The smallest absolute Gasteiger partial charge is 0.0682 e. The van der Waals surface area contributed by atoms with Crippen molar-refractivity contribution in [2.24, 2.45) is 0 Å². The SMILES string of the molecule is Cc1ccc2c(c1)Sc1ccc(CO)cc1N2. The molecule has 0 saturated heterocycles. The van der Waals surface area contributed by atoms with Gasteiger partial charge in [0.15, 0.2) is 0 Å². The van der Waals surface area contributed by atoms with Crippen molar-refractivity contribution in [1.29, 1.82) is 0 Å². The van der Waals surface area contributed by atoms with Gasteiger partial charge in [-0.15, -0.1) is 0 Å². The van der Waals surface area contributed by atoms with Crippen LogP contribution in [-0.4, -0.2) is 5.11 Å². The fourth-order valence-corrected chi connectivity index (χ4v) is 3.01.